The van der Waals surface area contributed by atoms with E-state index >= 15 is 0 Å². The first kappa shape index (κ1) is 11.0. The lowest BCUT2D eigenvalue weighted by molar-refractivity contribution is 0.190. The fourth-order valence-electron chi connectivity index (χ4n) is 2.16. The van der Waals surface area contributed by atoms with Crippen molar-refractivity contribution in [3.63, 3.8) is 0 Å². The first-order valence-electron chi connectivity index (χ1n) is 5.53. The molecule has 0 aliphatic rings. The largest absolute Gasteiger partial charge is 0.495 e. The molecule has 0 saturated heterocycles. The van der Waals surface area contributed by atoms with Crippen molar-refractivity contribution in [3.8, 4) is 5.75 Å². The number of aliphatic hydroxyl groups excluding tert-OH is 1. The zero-order valence-corrected chi connectivity index (χ0v) is 9.90. The third-order valence-corrected chi connectivity index (χ3v) is 2.88. The van der Waals surface area contributed by atoms with Crippen molar-refractivity contribution in [1.82, 2.24) is 4.57 Å². The number of aromatic nitrogens is 1. The fraction of sp³-hybridized carbons (Fsp3) is 0.385. The number of rotatable bonds is 3. The Labute approximate surface area is 95.3 Å². The first-order valence-corrected chi connectivity index (χ1v) is 5.53. The minimum Gasteiger partial charge on any atom is -0.495 e. The number of methoxy groups -OCH3 is 1. The lowest BCUT2D eigenvalue weighted by Gasteiger charge is -2.11. The molecule has 0 amide bonds. The van der Waals surface area contributed by atoms with Gasteiger partial charge in [0, 0.05) is 17.6 Å². The van der Waals surface area contributed by atoms with Crippen LogP contribution in [0.1, 0.15) is 25.6 Å². The lowest BCUT2D eigenvalue weighted by Crippen LogP contribution is -2.04. The Kier molecular flexibility index (Phi) is 2.88. The summed E-state index contributed by atoms with van der Waals surface area (Å²) >= 11 is 0. The number of para-hydroxylation sites is 1. The maximum Gasteiger partial charge on any atom is 0.143 e. The molecule has 1 atom stereocenters. The van der Waals surface area contributed by atoms with E-state index in [0.29, 0.717) is 0 Å². The summed E-state index contributed by atoms with van der Waals surface area (Å²) in [6.45, 7) is 4.68. The number of aliphatic hydroxyl groups is 1. The Morgan fingerprint density at radius 2 is 2.19 bits per heavy atom. The molecule has 1 heterocycles. The smallest absolute Gasteiger partial charge is 0.143 e. The summed E-state index contributed by atoms with van der Waals surface area (Å²) in [6.07, 6.45) is -0.461. The Bertz CT molecular complexity index is 500. The summed E-state index contributed by atoms with van der Waals surface area (Å²) in [4.78, 5) is 0. The Morgan fingerprint density at radius 3 is 2.75 bits per heavy atom. The van der Waals surface area contributed by atoms with Gasteiger partial charge in [0.2, 0.25) is 0 Å². The van der Waals surface area contributed by atoms with E-state index in [0.717, 1.165) is 28.9 Å². The minimum atomic E-state index is -0.461. The molecular formula is C13H17NO2. The van der Waals surface area contributed by atoms with Crippen LogP contribution in [0.15, 0.2) is 24.3 Å². The molecule has 0 spiro atoms. The molecule has 3 nitrogen and oxygen atoms in total. The van der Waals surface area contributed by atoms with Gasteiger partial charge in [-0.1, -0.05) is 12.1 Å². The molecule has 0 saturated carbocycles. The minimum absolute atomic E-state index is 0.461. The van der Waals surface area contributed by atoms with Crippen LogP contribution in [-0.2, 0) is 6.54 Å². The number of hydrogen-bond acceptors (Lipinski definition) is 2. The van der Waals surface area contributed by atoms with Crippen molar-refractivity contribution in [1.29, 1.82) is 0 Å². The maximum absolute atomic E-state index is 9.74. The molecule has 0 aliphatic heterocycles. The summed E-state index contributed by atoms with van der Waals surface area (Å²) in [5, 5.41) is 10.8. The van der Waals surface area contributed by atoms with Crippen LogP contribution in [0.5, 0.6) is 5.75 Å². The van der Waals surface area contributed by atoms with Gasteiger partial charge in [0.1, 0.15) is 5.75 Å². The van der Waals surface area contributed by atoms with Gasteiger partial charge in [-0.15, -0.1) is 0 Å². The van der Waals surface area contributed by atoms with Crippen molar-refractivity contribution in [3.05, 3.63) is 30.0 Å². The highest BCUT2D eigenvalue weighted by atomic mass is 16.5. The van der Waals surface area contributed by atoms with Gasteiger partial charge in [-0.25, -0.2) is 0 Å². The van der Waals surface area contributed by atoms with Crippen molar-refractivity contribution in [2.24, 2.45) is 0 Å². The Hall–Kier alpha value is -1.48. The van der Waals surface area contributed by atoms with Crippen LogP contribution in [0.3, 0.4) is 0 Å². The quantitative estimate of drug-likeness (QED) is 0.861. The van der Waals surface area contributed by atoms with Crippen LogP contribution in [0.4, 0.5) is 0 Å². The van der Waals surface area contributed by atoms with Crippen LogP contribution in [0, 0.1) is 0 Å². The van der Waals surface area contributed by atoms with E-state index in [9.17, 15) is 5.11 Å². The topological polar surface area (TPSA) is 34.4 Å². The molecule has 86 valence electrons. The molecule has 16 heavy (non-hydrogen) atoms. The predicted octanol–water partition coefficient (Wildman–Crippen LogP) is 2.72. The number of hydrogen-bond donors (Lipinski definition) is 1. The average molecular weight is 219 g/mol. The number of ether oxygens (including phenoxy) is 1. The molecule has 0 bridgehead atoms. The first-order chi connectivity index (χ1) is 7.69. The molecule has 1 unspecified atom stereocenters. The molecule has 0 aliphatic carbocycles. The zero-order chi connectivity index (χ0) is 11.7. The van der Waals surface area contributed by atoms with Crippen LogP contribution < -0.4 is 4.74 Å². The van der Waals surface area contributed by atoms with E-state index in [1.165, 1.54) is 0 Å². The predicted molar refractivity (Wildman–Crippen MR) is 64.8 cm³/mol. The van der Waals surface area contributed by atoms with Crippen LogP contribution in [0.2, 0.25) is 0 Å². The van der Waals surface area contributed by atoms with Crippen molar-refractivity contribution in [2.75, 3.05) is 7.11 Å². The molecular weight excluding hydrogens is 202 g/mol. The van der Waals surface area contributed by atoms with Crippen LogP contribution >= 0.6 is 0 Å². The van der Waals surface area contributed by atoms with Gasteiger partial charge < -0.3 is 14.4 Å². The van der Waals surface area contributed by atoms with Gasteiger partial charge in [-0.2, -0.15) is 0 Å². The number of nitrogens with zero attached hydrogens (tertiary/aromatic N) is 1. The van der Waals surface area contributed by atoms with Crippen molar-refractivity contribution < 1.29 is 9.84 Å². The highest BCUT2D eigenvalue weighted by molar-refractivity contribution is 5.87. The van der Waals surface area contributed by atoms with Gasteiger partial charge in [-0.05, 0) is 26.0 Å². The summed E-state index contributed by atoms with van der Waals surface area (Å²) < 4.78 is 7.46. The summed E-state index contributed by atoms with van der Waals surface area (Å²) in [5.74, 6) is 0.853. The SMILES string of the molecule is CCn1c(C(C)O)cc2cccc(OC)c21. The molecule has 2 aromatic rings. The molecule has 1 aromatic heterocycles. The molecule has 0 radical (unpaired) electrons. The number of fused-ring (bicyclic) bond motifs is 1. The lowest BCUT2D eigenvalue weighted by atomic mass is 10.2. The third kappa shape index (κ3) is 1.57. The Balaban J connectivity index is 2.78. The van der Waals surface area contributed by atoms with Gasteiger partial charge in [0.25, 0.3) is 0 Å². The van der Waals surface area contributed by atoms with Crippen molar-refractivity contribution in [2.45, 2.75) is 26.5 Å². The van der Waals surface area contributed by atoms with Crippen LogP contribution in [-0.4, -0.2) is 16.8 Å². The van der Waals surface area contributed by atoms with Gasteiger partial charge in [-0.3, -0.25) is 0 Å². The van der Waals surface area contributed by atoms with Crippen molar-refractivity contribution >= 4 is 10.9 Å². The monoisotopic (exact) mass is 219 g/mol. The van der Waals surface area contributed by atoms with E-state index in [1.54, 1.807) is 14.0 Å². The average Bonchev–Trinajstić information content (AvgIpc) is 2.67. The highest BCUT2D eigenvalue weighted by Gasteiger charge is 2.14. The second kappa shape index (κ2) is 4.18. The molecule has 1 aromatic carbocycles. The zero-order valence-electron chi connectivity index (χ0n) is 9.90. The van der Waals surface area contributed by atoms with Gasteiger partial charge >= 0.3 is 0 Å². The van der Waals surface area contributed by atoms with E-state index in [-0.39, 0.29) is 0 Å². The fourth-order valence-corrected chi connectivity index (χ4v) is 2.16. The molecule has 3 heteroatoms. The second-order valence-electron chi connectivity index (χ2n) is 3.89. The molecule has 1 N–H and O–H groups in total. The van der Waals surface area contributed by atoms with Gasteiger partial charge in [0.05, 0.1) is 18.7 Å². The van der Waals surface area contributed by atoms with E-state index in [1.807, 2.05) is 24.3 Å². The summed E-state index contributed by atoms with van der Waals surface area (Å²) in [6, 6.07) is 7.97. The summed E-state index contributed by atoms with van der Waals surface area (Å²) in [7, 11) is 1.67. The summed E-state index contributed by atoms with van der Waals surface area (Å²) in [5.41, 5.74) is 1.99. The third-order valence-electron chi connectivity index (χ3n) is 2.88. The highest BCUT2D eigenvalue weighted by Crippen LogP contribution is 2.31. The molecule has 2 rings (SSSR count). The normalized spacial score (nSPS) is 13.0. The van der Waals surface area contributed by atoms with E-state index in [2.05, 4.69) is 11.5 Å². The Morgan fingerprint density at radius 1 is 1.44 bits per heavy atom. The standard InChI is InChI=1S/C13H17NO2/c1-4-14-11(9(2)15)8-10-6-5-7-12(16-3)13(10)14/h5-9,15H,4H2,1-3H3. The van der Waals surface area contributed by atoms with E-state index < -0.39 is 6.10 Å². The van der Waals surface area contributed by atoms with Gasteiger partial charge in [0.15, 0.2) is 0 Å². The molecule has 0 fully saturated rings. The number of aryl methyl sites for hydroxylation is 1. The maximum atomic E-state index is 9.74. The second-order valence-corrected chi connectivity index (χ2v) is 3.89. The number of benzene rings is 1. The van der Waals surface area contributed by atoms with E-state index in [4.69, 9.17) is 4.74 Å². The van der Waals surface area contributed by atoms with Crippen LogP contribution in [0.25, 0.3) is 10.9 Å².